The molecule has 98 heavy (non-hydrogen) atoms. The number of rotatable bonds is 78. The Labute approximate surface area is 600 Å². The van der Waals surface area contributed by atoms with Crippen LogP contribution in [0, 0.1) is 11.8 Å². The van der Waals surface area contributed by atoms with Gasteiger partial charge in [-0.3, -0.25) is 37.3 Å². The van der Waals surface area contributed by atoms with Gasteiger partial charge in [-0.2, -0.15) is 0 Å². The van der Waals surface area contributed by atoms with Crippen molar-refractivity contribution in [1.82, 2.24) is 0 Å². The van der Waals surface area contributed by atoms with E-state index in [-0.39, 0.29) is 25.7 Å². The van der Waals surface area contributed by atoms with Gasteiger partial charge in [0.05, 0.1) is 26.4 Å². The fraction of sp³-hybridized carbons (Fsp3) is 0.949. The van der Waals surface area contributed by atoms with E-state index in [0.717, 1.165) is 102 Å². The lowest BCUT2D eigenvalue weighted by Crippen LogP contribution is -2.30. The summed E-state index contributed by atoms with van der Waals surface area (Å²) in [7, 11) is -9.91. The van der Waals surface area contributed by atoms with Crippen molar-refractivity contribution in [2.75, 3.05) is 39.6 Å². The lowest BCUT2D eigenvalue weighted by molar-refractivity contribution is -0.161. The number of carbonyl (C=O) groups excluding carboxylic acids is 4. The van der Waals surface area contributed by atoms with E-state index in [1.165, 1.54) is 231 Å². The van der Waals surface area contributed by atoms with Gasteiger partial charge in [0.2, 0.25) is 0 Å². The van der Waals surface area contributed by atoms with Gasteiger partial charge in [0.1, 0.15) is 19.3 Å². The number of esters is 4. The number of phosphoric ester groups is 2. The van der Waals surface area contributed by atoms with Gasteiger partial charge in [-0.25, -0.2) is 9.13 Å². The molecule has 3 N–H and O–H groups in total. The minimum absolute atomic E-state index is 0.103. The lowest BCUT2D eigenvalue weighted by Gasteiger charge is -2.21. The molecular formula is C79H154O17P2. The highest BCUT2D eigenvalue weighted by atomic mass is 31.2. The molecule has 0 aliphatic rings. The molecule has 0 aromatic carbocycles. The van der Waals surface area contributed by atoms with Gasteiger partial charge in [-0.05, 0) is 37.5 Å². The maximum atomic E-state index is 13.1. The molecule has 0 fully saturated rings. The Hall–Kier alpha value is -1.94. The fourth-order valence-corrected chi connectivity index (χ4v) is 13.7. The molecule has 3 unspecified atom stereocenters. The monoisotopic (exact) mass is 1440 g/mol. The standard InChI is InChI=1S/C79H154O17P2/c1-7-10-12-14-16-18-19-20-21-22-23-24-25-26-27-28-33-36-40-44-51-57-63-78(83)95-74(67-90-77(82)62-56-50-43-39-35-32-30-29-31-34-38-41-47-53-59-71(4)5)69-93-97(85,86)91-65-73(80)66-92-98(87,88)94-70-75(68-89-76(81)61-55-49-42-37-17-15-13-11-8-2)96-79(84)64-58-52-46-45-48-54-60-72(6)9-3/h71-75,80H,7-70H2,1-6H3,(H,85,86)(H,87,88)/t72?,73-,74-,75-/m1/s1. The highest BCUT2D eigenvalue weighted by Gasteiger charge is 2.30. The van der Waals surface area contributed by atoms with Crippen molar-refractivity contribution in [1.29, 1.82) is 0 Å². The molecule has 582 valence electrons. The Bertz CT molecular complexity index is 1890. The van der Waals surface area contributed by atoms with Gasteiger partial charge in [-0.1, -0.05) is 363 Å². The molecule has 0 aliphatic carbocycles. The van der Waals surface area contributed by atoms with Crippen molar-refractivity contribution in [3.63, 3.8) is 0 Å². The second-order valence-corrected chi connectivity index (χ2v) is 32.1. The zero-order valence-corrected chi connectivity index (χ0v) is 65.9. The van der Waals surface area contributed by atoms with E-state index in [4.69, 9.17) is 37.0 Å². The van der Waals surface area contributed by atoms with Gasteiger partial charge < -0.3 is 33.8 Å². The van der Waals surface area contributed by atoms with Gasteiger partial charge in [-0.15, -0.1) is 0 Å². The molecule has 0 saturated carbocycles. The van der Waals surface area contributed by atoms with Crippen LogP contribution in [-0.2, 0) is 65.4 Å². The molecule has 19 heteroatoms. The average molecular weight is 1440 g/mol. The van der Waals surface area contributed by atoms with Crippen LogP contribution in [0.5, 0.6) is 0 Å². The molecule has 0 bridgehead atoms. The first-order valence-corrected chi connectivity index (χ1v) is 44.0. The van der Waals surface area contributed by atoms with Crippen molar-refractivity contribution in [2.45, 2.75) is 432 Å². The minimum Gasteiger partial charge on any atom is -0.462 e. The van der Waals surface area contributed by atoms with E-state index in [2.05, 4.69) is 41.5 Å². The Balaban J connectivity index is 5.17. The Morgan fingerprint density at radius 2 is 0.520 bits per heavy atom. The summed E-state index contributed by atoms with van der Waals surface area (Å²) in [6.07, 6.45) is 59.9. The van der Waals surface area contributed by atoms with Crippen LogP contribution < -0.4 is 0 Å². The summed E-state index contributed by atoms with van der Waals surface area (Å²) in [5.74, 6) is -0.598. The molecule has 0 rings (SSSR count). The van der Waals surface area contributed by atoms with Crippen LogP contribution in [0.1, 0.15) is 414 Å². The molecule has 0 aliphatic heterocycles. The minimum atomic E-state index is -4.96. The number of phosphoric acid groups is 2. The van der Waals surface area contributed by atoms with E-state index in [0.29, 0.717) is 25.7 Å². The summed E-state index contributed by atoms with van der Waals surface area (Å²) in [6.45, 7) is 9.57. The zero-order chi connectivity index (χ0) is 72.1. The summed E-state index contributed by atoms with van der Waals surface area (Å²) in [5.41, 5.74) is 0. The predicted molar refractivity (Wildman–Crippen MR) is 400 cm³/mol. The van der Waals surface area contributed by atoms with Crippen LogP contribution in [0.3, 0.4) is 0 Å². The fourth-order valence-electron chi connectivity index (χ4n) is 12.2. The van der Waals surface area contributed by atoms with Crippen LogP contribution in [0.25, 0.3) is 0 Å². The molecule has 0 radical (unpaired) electrons. The first-order chi connectivity index (χ1) is 47.4. The van der Waals surface area contributed by atoms with Crippen molar-refractivity contribution in [2.24, 2.45) is 11.8 Å². The third-order valence-electron chi connectivity index (χ3n) is 18.8. The summed E-state index contributed by atoms with van der Waals surface area (Å²) in [4.78, 5) is 72.8. The summed E-state index contributed by atoms with van der Waals surface area (Å²) >= 11 is 0. The summed E-state index contributed by atoms with van der Waals surface area (Å²) in [6, 6.07) is 0. The molecule has 6 atom stereocenters. The quantitative estimate of drug-likeness (QED) is 0.0222. The van der Waals surface area contributed by atoms with E-state index in [1.807, 2.05) is 0 Å². The van der Waals surface area contributed by atoms with Crippen LogP contribution in [0.2, 0.25) is 0 Å². The number of hydrogen-bond donors (Lipinski definition) is 3. The van der Waals surface area contributed by atoms with E-state index in [9.17, 15) is 43.2 Å². The molecule has 0 heterocycles. The molecular weight excluding hydrogens is 1280 g/mol. The van der Waals surface area contributed by atoms with Crippen LogP contribution in [0.4, 0.5) is 0 Å². The Morgan fingerprint density at radius 3 is 0.776 bits per heavy atom. The van der Waals surface area contributed by atoms with E-state index >= 15 is 0 Å². The third kappa shape index (κ3) is 71.1. The smallest absolute Gasteiger partial charge is 0.462 e. The number of unbranched alkanes of at least 4 members (excludes halogenated alkanes) is 47. The highest BCUT2D eigenvalue weighted by Crippen LogP contribution is 2.45. The molecule has 0 aromatic heterocycles. The van der Waals surface area contributed by atoms with Crippen LogP contribution >= 0.6 is 15.6 Å². The molecule has 0 aromatic rings. The van der Waals surface area contributed by atoms with E-state index < -0.39 is 97.5 Å². The van der Waals surface area contributed by atoms with Crippen LogP contribution in [-0.4, -0.2) is 96.7 Å². The van der Waals surface area contributed by atoms with Crippen molar-refractivity contribution >= 4 is 39.5 Å². The Morgan fingerprint density at radius 1 is 0.296 bits per heavy atom. The summed E-state index contributed by atoms with van der Waals surface area (Å²) < 4.78 is 68.5. The normalized spacial score (nSPS) is 14.2. The first-order valence-electron chi connectivity index (χ1n) is 41.0. The van der Waals surface area contributed by atoms with Crippen molar-refractivity contribution in [3.05, 3.63) is 0 Å². The molecule has 0 amide bonds. The van der Waals surface area contributed by atoms with E-state index in [1.54, 1.807) is 0 Å². The number of hydrogen-bond acceptors (Lipinski definition) is 15. The number of aliphatic hydroxyl groups excluding tert-OH is 1. The van der Waals surface area contributed by atoms with Gasteiger partial charge in [0, 0.05) is 25.7 Å². The second kappa shape index (κ2) is 70.7. The third-order valence-corrected chi connectivity index (χ3v) is 20.7. The average Bonchev–Trinajstić information content (AvgIpc) is 0.935. The molecule has 17 nitrogen and oxygen atoms in total. The highest BCUT2D eigenvalue weighted by molar-refractivity contribution is 7.47. The SMILES string of the molecule is CCCCCCCCCCCCCCCCCCCCCCCCC(=O)O[C@H](COC(=O)CCCCCCCCCCCCCCCCC(C)C)COP(=O)(O)OC[C@@H](O)COP(=O)(O)OC[C@@H](COC(=O)CCCCCCCCCCC)OC(=O)CCCCCCCCC(C)CC. The Kier molecular flexibility index (Phi) is 69.3. The lowest BCUT2D eigenvalue weighted by atomic mass is 10.00. The van der Waals surface area contributed by atoms with Crippen LogP contribution in [0.15, 0.2) is 0 Å². The van der Waals surface area contributed by atoms with Gasteiger partial charge in [0.15, 0.2) is 12.2 Å². The van der Waals surface area contributed by atoms with Crippen molar-refractivity contribution in [3.8, 4) is 0 Å². The number of carbonyl (C=O) groups is 4. The van der Waals surface area contributed by atoms with Crippen molar-refractivity contribution < 1.29 is 80.2 Å². The maximum Gasteiger partial charge on any atom is 0.472 e. The zero-order valence-electron chi connectivity index (χ0n) is 64.1. The maximum absolute atomic E-state index is 13.1. The molecule has 0 spiro atoms. The molecule has 0 saturated heterocycles. The second-order valence-electron chi connectivity index (χ2n) is 29.2. The predicted octanol–water partition coefficient (Wildman–Crippen LogP) is 23.5. The number of ether oxygens (including phenoxy) is 4. The largest absolute Gasteiger partial charge is 0.472 e. The summed E-state index contributed by atoms with van der Waals surface area (Å²) in [5, 5.41) is 10.6. The van der Waals surface area contributed by atoms with Gasteiger partial charge in [0.25, 0.3) is 0 Å². The first kappa shape index (κ1) is 96.1. The number of aliphatic hydroxyl groups is 1. The van der Waals surface area contributed by atoms with Gasteiger partial charge >= 0.3 is 39.5 Å². The topological polar surface area (TPSA) is 237 Å².